The van der Waals surface area contributed by atoms with Crippen molar-refractivity contribution in [1.29, 1.82) is 0 Å². The quantitative estimate of drug-likeness (QED) is 0.569. The van der Waals surface area contributed by atoms with Gasteiger partial charge in [-0.05, 0) is 12.8 Å². The molecule has 50 valence electrons. The highest BCUT2D eigenvalue weighted by Crippen LogP contribution is 2.46. The van der Waals surface area contributed by atoms with E-state index in [9.17, 15) is 0 Å². The summed E-state index contributed by atoms with van der Waals surface area (Å²) in [5.74, 6) is 2.79. The fourth-order valence-corrected chi connectivity index (χ4v) is 1.15. The summed E-state index contributed by atoms with van der Waals surface area (Å²) in [4.78, 5) is 0. The summed E-state index contributed by atoms with van der Waals surface area (Å²) in [5.41, 5.74) is 1.21. The van der Waals surface area contributed by atoms with Gasteiger partial charge in [-0.25, -0.2) is 0 Å². The topological polar surface area (TPSA) is 28.7 Å². The standard InChI is InChI=1S/C8H8N2/c1-2-8(3-4-8)7-5-9-10-6-7/h1,5-6H,3-4H2,(H,9,10). The van der Waals surface area contributed by atoms with Crippen LogP contribution < -0.4 is 0 Å². The van der Waals surface area contributed by atoms with E-state index in [0.29, 0.717) is 0 Å². The molecule has 2 rings (SSSR count). The van der Waals surface area contributed by atoms with Gasteiger partial charge in [-0.15, -0.1) is 6.42 Å². The predicted molar refractivity (Wildman–Crippen MR) is 38.3 cm³/mol. The fourth-order valence-electron chi connectivity index (χ4n) is 1.15. The molecule has 1 aliphatic carbocycles. The molecule has 2 heteroatoms. The number of hydrogen-bond acceptors (Lipinski definition) is 1. The Balaban J connectivity index is 2.38. The molecular formula is C8H8N2. The second-order valence-corrected chi connectivity index (χ2v) is 2.71. The molecule has 10 heavy (non-hydrogen) atoms. The highest BCUT2D eigenvalue weighted by atomic mass is 15.1. The molecule has 0 radical (unpaired) electrons. The molecule has 1 N–H and O–H groups in total. The Labute approximate surface area is 59.6 Å². The van der Waals surface area contributed by atoms with E-state index in [4.69, 9.17) is 6.42 Å². The minimum absolute atomic E-state index is 0.0486. The van der Waals surface area contributed by atoms with Gasteiger partial charge in [0.15, 0.2) is 0 Å². The summed E-state index contributed by atoms with van der Waals surface area (Å²) >= 11 is 0. The van der Waals surface area contributed by atoms with Crippen molar-refractivity contribution < 1.29 is 0 Å². The van der Waals surface area contributed by atoms with E-state index in [0.717, 1.165) is 18.4 Å². The lowest BCUT2D eigenvalue weighted by Crippen LogP contribution is -1.99. The Morgan fingerprint density at radius 1 is 1.70 bits per heavy atom. The molecule has 0 saturated heterocycles. The van der Waals surface area contributed by atoms with E-state index >= 15 is 0 Å². The average molecular weight is 132 g/mol. The first kappa shape index (κ1) is 5.55. The molecule has 1 aromatic heterocycles. The Kier molecular flexibility index (Phi) is 0.906. The lowest BCUT2D eigenvalue weighted by molar-refractivity contribution is 0.933. The van der Waals surface area contributed by atoms with Crippen molar-refractivity contribution in [3.63, 3.8) is 0 Å². The summed E-state index contributed by atoms with van der Waals surface area (Å²) in [5, 5.41) is 6.62. The third kappa shape index (κ3) is 0.577. The summed E-state index contributed by atoms with van der Waals surface area (Å²) in [7, 11) is 0. The summed E-state index contributed by atoms with van der Waals surface area (Å²) < 4.78 is 0. The molecule has 0 spiro atoms. The molecule has 0 bridgehead atoms. The van der Waals surface area contributed by atoms with Crippen molar-refractivity contribution in [1.82, 2.24) is 10.2 Å². The van der Waals surface area contributed by atoms with Crippen LogP contribution >= 0.6 is 0 Å². The van der Waals surface area contributed by atoms with Crippen LogP contribution in [0.5, 0.6) is 0 Å². The van der Waals surface area contributed by atoms with Gasteiger partial charge in [0, 0.05) is 11.8 Å². The number of aromatic amines is 1. The summed E-state index contributed by atoms with van der Waals surface area (Å²) in [6, 6.07) is 0. The number of hydrogen-bond donors (Lipinski definition) is 1. The third-order valence-electron chi connectivity index (χ3n) is 2.08. The van der Waals surface area contributed by atoms with E-state index in [1.807, 2.05) is 12.4 Å². The van der Waals surface area contributed by atoms with Gasteiger partial charge in [-0.1, -0.05) is 5.92 Å². The van der Waals surface area contributed by atoms with Crippen LogP contribution in [0.15, 0.2) is 12.4 Å². The average Bonchev–Trinajstić information content (AvgIpc) is 2.58. The first-order valence-corrected chi connectivity index (χ1v) is 3.34. The van der Waals surface area contributed by atoms with Gasteiger partial charge >= 0.3 is 0 Å². The lowest BCUT2D eigenvalue weighted by Gasteiger charge is -1.99. The zero-order chi connectivity index (χ0) is 7.03. The molecule has 0 aliphatic heterocycles. The summed E-state index contributed by atoms with van der Waals surface area (Å²) in [6.07, 6.45) is 11.3. The fraction of sp³-hybridized carbons (Fsp3) is 0.375. The van der Waals surface area contributed by atoms with Crippen LogP contribution in [0.1, 0.15) is 18.4 Å². The molecule has 1 fully saturated rings. The van der Waals surface area contributed by atoms with Gasteiger partial charge in [-0.3, -0.25) is 5.10 Å². The first-order valence-electron chi connectivity index (χ1n) is 3.34. The number of aromatic nitrogens is 2. The molecule has 1 heterocycles. The number of terminal acetylenes is 1. The zero-order valence-electron chi connectivity index (χ0n) is 5.59. The lowest BCUT2D eigenvalue weighted by atomic mass is 10.0. The Morgan fingerprint density at radius 3 is 2.90 bits per heavy atom. The largest absolute Gasteiger partial charge is 0.285 e. The number of H-pyrrole nitrogens is 1. The van der Waals surface area contributed by atoms with Crippen LogP contribution in [0.25, 0.3) is 0 Å². The maximum absolute atomic E-state index is 5.37. The second kappa shape index (κ2) is 1.63. The zero-order valence-corrected chi connectivity index (χ0v) is 5.59. The van der Waals surface area contributed by atoms with E-state index < -0.39 is 0 Å². The first-order chi connectivity index (χ1) is 4.87. The molecule has 0 unspecified atom stereocenters. The minimum Gasteiger partial charge on any atom is -0.285 e. The monoisotopic (exact) mass is 132 g/mol. The van der Waals surface area contributed by atoms with Crippen molar-refractivity contribution in [2.75, 3.05) is 0 Å². The maximum atomic E-state index is 5.37. The van der Waals surface area contributed by atoms with Gasteiger partial charge < -0.3 is 0 Å². The van der Waals surface area contributed by atoms with Crippen LogP contribution in [-0.4, -0.2) is 10.2 Å². The maximum Gasteiger partial charge on any atom is 0.0592 e. The molecule has 1 aliphatic rings. The van der Waals surface area contributed by atoms with E-state index in [1.165, 1.54) is 0 Å². The Hall–Kier alpha value is -1.23. The second-order valence-electron chi connectivity index (χ2n) is 2.71. The van der Waals surface area contributed by atoms with Crippen LogP contribution in [-0.2, 0) is 5.41 Å². The highest BCUT2D eigenvalue weighted by molar-refractivity contribution is 5.37. The normalized spacial score (nSPS) is 19.9. The van der Waals surface area contributed by atoms with Crippen molar-refractivity contribution >= 4 is 0 Å². The number of nitrogens with zero attached hydrogens (tertiary/aromatic N) is 1. The van der Waals surface area contributed by atoms with Crippen molar-refractivity contribution in [2.24, 2.45) is 0 Å². The van der Waals surface area contributed by atoms with Gasteiger partial charge in [0.1, 0.15) is 0 Å². The van der Waals surface area contributed by atoms with Crippen LogP contribution in [0.2, 0.25) is 0 Å². The molecular weight excluding hydrogens is 124 g/mol. The third-order valence-corrected chi connectivity index (χ3v) is 2.08. The predicted octanol–water partition coefficient (Wildman–Crippen LogP) is 1.07. The minimum atomic E-state index is 0.0486. The molecule has 0 amide bonds. The van der Waals surface area contributed by atoms with Gasteiger partial charge in [0.25, 0.3) is 0 Å². The Morgan fingerprint density at radius 2 is 2.50 bits per heavy atom. The van der Waals surface area contributed by atoms with Crippen molar-refractivity contribution in [2.45, 2.75) is 18.3 Å². The van der Waals surface area contributed by atoms with Gasteiger partial charge in [0.2, 0.25) is 0 Å². The van der Waals surface area contributed by atoms with E-state index in [1.54, 1.807) is 0 Å². The van der Waals surface area contributed by atoms with Gasteiger partial charge in [0.05, 0.1) is 11.6 Å². The van der Waals surface area contributed by atoms with Crippen LogP contribution in [0.3, 0.4) is 0 Å². The van der Waals surface area contributed by atoms with Crippen LogP contribution in [0, 0.1) is 12.3 Å². The molecule has 2 nitrogen and oxygen atoms in total. The summed E-state index contributed by atoms with van der Waals surface area (Å²) in [6.45, 7) is 0. The highest BCUT2D eigenvalue weighted by Gasteiger charge is 2.43. The van der Waals surface area contributed by atoms with Crippen molar-refractivity contribution in [3.8, 4) is 12.3 Å². The SMILES string of the molecule is C#CC1(c2cn[nH]c2)CC1. The van der Waals surface area contributed by atoms with E-state index in [2.05, 4.69) is 16.1 Å². The van der Waals surface area contributed by atoms with Crippen molar-refractivity contribution in [3.05, 3.63) is 18.0 Å². The Bertz CT molecular complexity index is 262. The smallest absolute Gasteiger partial charge is 0.0592 e. The van der Waals surface area contributed by atoms with E-state index in [-0.39, 0.29) is 5.41 Å². The molecule has 0 aromatic carbocycles. The molecule has 0 atom stereocenters. The molecule has 1 saturated carbocycles. The van der Waals surface area contributed by atoms with Gasteiger partial charge in [-0.2, -0.15) is 5.10 Å². The van der Waals surface area contributed by atoms with Crippen LogP contribution in [0.4, 0.5) is 0 Å². The molecule has 1 aromatic rings. The number of rotatable bonds is 1. The number of nitrogens with one attached hydrogen (secondary N) is 1.